The minimum Gasteiger partial charge on any atom is -0.147 e. The first-order valence-corrected chi connectivity index (χ1v) is 15.5. The fraction of sp³-hybridized carbons (Fsp3) is 1.00. The van der Waals surface area contributed by atoms with Crippen molar-refractivity contribution in [2.75, 3.05) is 0 Å². The molecule has 112 valence electrons. The molecule has 0 amide bonds. The summed E-state index contributed by atoms with van der Waals surface area (Å²) in [6, 6.07) is 0. The molecule has 0 aromatic carbocycles. The molecule has 0 nitrogen and oxygen atoms in total. The van der Waals surface area contributed by atoms with Crippen LogP contribution in [0.2, 0.25) is 30.9 Å². The Kier molecular flexibility index (Phi) is 13.8. The summed E-state index contributed by atoms with van der Waals surface area (Å²) in [5.41, 5.74) is 0. The average Bonchev–Trinajstić information content (AvgIpc) is 1.92. The predicted octanol–water partition coefficient (Wildman–Crippen LogP) is 7.50. The molecule has 0 atom stereocenters. The zero-order chi connectivity index (χ0) is 11.4. The molecule has 4 heteroatoms. The maximum Gasteiger partial charge on any atom is -0.147 e. The maximum atomic E-state index is 2.56. The summed E-state index contributed by atoms with van der Waals surface area (Å²) in [6.07, 6.45) is 8.62. The fourth-order valence-corrected chi connectivity index (χ4v) is 4.94. The van der Waals surface area contributed by atoms with Gasteiger partial charge in [0.1, 0.15) is 0 Å². The second kappa shape index (κ2) is 8.70. The van der Waals surface area contributed by atoms with Crippen LogP contribution in [0.25, 0.3) is 0 Å². The second-order valence-electron chi connectivity index (χ2n) is 9.29. The molecule has 0 saturated heterocycles. The summed E-state index contributed by atoms with van der Waals surface area (Å²) in [4.78, 5) is 0. The molecule has 0 aromatic heterocycles. The summed E-state index contributed by atoms with van der Waals surface area (Å²) >= 11 is -2.39. The van der Waals surface area contributed by atoms with E-state index >= 15 is 0 Å². The van der Waals surface area contributed by atoms with Crippen LogP contribution in [0, 0.1) is 0 Å². The van der Waals surface area contributed by atoms with Crippen LogP contribution < -0.4 is 0 Å². The second-order valence-corrected chi connectivity index (χ2v) is 31.2. The van der Waals surface area contributed by atoms with Crippen molar-refractivity contribution in [1.29, 1.82) is 0 Å². The first kappa shape index (κ1) is 27.0. The zero-order valence-electron chi connectivity index (χ0n) is 12.7. The van der Waals surface area contributed by atoms with Crippen LogP contribution in [0.3, 0.4) is 0 Å². The van der Waals surface area contributed by atoms with Crippen LogP contribution in [-0.4, -0.2) is 0 Å². The third-order valence-electron chi connectivity index (χ3n) is 2.78. The molecule has 0 bridgehead atoms. The molecule has 0 aliphatic heterocycles. The van der Waals surface area contributed by atoms with Gasteiger partial charge in [-0.05, 0) is 0 Å². The van der Waals surface area contributed by atoms with E-state index in [0.717, 1.165) is 0 Å². The van der Waals surface area contributed by atoms with Crippen LogP contribution in [0.15, 0.2) is 0 Å². The Morgan fingerprint density at radius 3 is 1.29 bits per heavy atom. The number of rotatable bonds is 7. The van der Waals surface area contributed by atoms with E-state index in [1.54, 1.807) is 0 Å². The van der Waals surface area contributed by atoms with Gasteiger partial charge in [-0.1, -0.05) is 0 Å². The Morgan fingerprint density at radius 1 is 0.588 bits per heavy atom. The summed E-state index contributed by atoms with van der Waals surface area (Å²) < 4.78 is 1.51. The van der Waals surface area contributed by atoms with Crippen LogP contribution in [0.4, 0.5) is 0 Å². The standard InChI is InChI=1S/C8H17.5CH3.3ClH.Ti/c1-3-5-7-8-6-4-2;;;;;;;;;/h1,3-8H2,2H3;5*1H3;3*1H;. The van der Waals surface area contributed by atoms with Gasteiger partial charge in [-0.15, -0.1) is 37.2 Å². The van der Waals surface area contributed by atoms with Crippen molar-refractivity contribution < 1.29 is 14.0 Å². The molecule has 0 aromatic rings. The van der Waals surface area contributed by atoms with Gasteiger partial charge in [-0.2, -0.15) is 0 Å². The van der Waals surface area contributed by atoms with Gasteiger partial charge in [0.25, 0.3) is 0 Å². The minimum absolute atomic E-state index is 0. The Labute approximate surface area is 127 Å². The van der Waals surface area contributed by atoms with E-state index in [4.69, 9.17) is 0 Å². The molecule has 0 unspecified atom stereocenters. The van der Waals surface area contributed by atoms with Crippen LogP contribution in [0.1, 0.15) is 45.4 Å². The third kappa shape index (κ3) is 27.0. The molecule has 0 heterocycles. The van der Waals surface area contributed by atoms with E-state index in [-0.39, 0.29) is 37.2 Å². The van der Waals surface area contributed by atoms with Crippen molar-refractivity contribution in [2.24, 2.45) is 0 Å². The van der Waals surface area contributed by atoms with Gasteiger partial charge in [0.15, 0.2) is 0 Å². The van der Waals surface area contributed by atoms with Crippen molar-refractivity contribution in [1.82, 2.24) is 0 Å². The summed E-state index contributed by atoms with van der Waals surface area (Å²) in [6.45, 7) is 2.28. The van der Waals surface area contributed by atoms with E-state index in [9.17, 15) is 0 Å². The SMILES string of the molecule is CCCCCCC[CH2][Ti]([CH3])([CH3])([CH3])([CH3])[CH3].Cl.Cl.Cl. The molecule has 0 saturated carbocycles. The minimum atomic E-state index is -2.39. The van der Waals surface area contributed by atoms with E-state index in [0.29, 0.717) is 0 Å². The summed E-state index contributed by atoms with van der Waals surface area (Å²) in [5.74, 6) is 0. The fourth-order valence-electron chi connectivity index (χ4n) is 1.79. The zero-order valence-corrected chi connectivity index (χ0v) is 16.7. The Bertz CT molecular complexity index is 168. The number of unbranched alkanes of at least 4 members (excludes halogenated alkanes) is 5. The molecule has 0 rings (SSSR count). The molecular weight excluding hydrogens is 310 g/mol. The van der Waals surface area contributed by atoms with Crippen molar-refractivity contribution in [3.8, 4) is 0 Å². The van der Waals surface area contributed by atoms with Gasteiger partial charge in [-0.3, -0.25) is 0 Å². The molecule has 0 aliphatic rings. The van der Waals surface area contributed by atoms with E-state index in [2.05, 4.69) is 33.1 Å². The van der Waals surface area contributed by atoms with Crippen molar-refractivity contribution in [3.05, 3.63) is 0 Å². The van der Waals surface area contributed by atoms with E-state index in [1.807, 2.05) is 0 Å². The van der Waals surface area contributed by atoms with Gasteiger partial charge < -0.3 is 0 Å². The van der Waals surface area contributed by atoms with Gasteiger partial charge in [-0.25, -0.2) is 0 Å². The Hall–Kier alpha value is 1.58. The Morgan fingerprint density at radius 2 is 0.941 bits per heavy atom. The normalized spacial score (nSPS) is 14.5. The molecule has 0 fully saturated rings. The quantitative estimate of drug-likeness (QED) is 0.331. The van der Waals surface area contributed by atoms with Gasteiger partial charge >= 0.3 is 90.3 Å². The van der Waals surface area contributed by atoms with Crippen molar-refractivity contribution in [3.63, 3.8) is 0 Å². The first-order valence-electron chi connectivity index (χ1n) is 6.56. The number of hydrogen-bond acceptors (Lipinski definition) is 0. The van der Waals surface area contributed by atoms with Crippen LogP contribution >= 0.6 is 37.2 Å². The van der Waals surface area contributed by atoms with E-state index in [1.165, 1.54) is 43.3 Å². The largest absolute Gasteiger partial charge is 0.147 e. The summed E-state index contributed by atoms with van der Waals surface area (Å²) in [5, 5.41) is 12.8. The average molecular weight is 346 g/mol. The first-order chi connectivity index (χ1) is 6.04. The molecule has 0 aliphatic carbocycles. The van der Waals surface area contributed by atoms with Crippen LogP contribution in [0.5, 0.6) is 0 Å². The number of hydrogen-bond donors (Lipinski definition) is 0. The van der Waals surface area contributed by atoms with Crippen molar-refractivity contribution in [2.45, 2.75) is 76.3 Å². The van der Waals surface area contributed by atoms with Gasteiger partial charge in [0.05, 0.1) is 0 Å². The molecule has 0 spiro atoms. The molecule has 0 radical (unpaired) electrons. The van der Waals surface area contributed by atoms with Gasteiger partial charge in [0.2, 0.25) is 0 Å². The smallest absolute Gasteiger partial charge is 0.147 e. The molecule has 17 heavy (non-hydrogen) atoms. The molecule has 0 N–H and O–H groups in total. The van der Waals surface area contributed by atoms with Crippen molar-refractivity contribution >= 4 is 37.2 Å². The topological polar surface area (TPSA) is 0 Å². The third-order valence-corrected chi connectivity index (χ3v) is 7.24. The van der Waals surface area contributed by atoms with E-state index < -0.39 is 14.0 Å². The molecular formula is C13H35Cl3Ti. The Balaban J connectivity index is -0.000000282. The maximum absolute atomic E-state index is 2.56. The summed E-state index contributed by atoms with van der Waals surface area (Å²) in [7, 11) is 0. The number of halogens is 3. The van der Waals surface area contributed by atoms with Gasteiger partial charge in [0, 0.05) is 0 Å². The predicted molar refractivity (Wildman–Crippen MR) is 89.2 cm³/mol. The monoisotopic (exact) mass is 344 g/mol. The van der Waals surface area contributed by atoms with Crippen LogP contribution in [-0.2, 0) is 14.0 Å².